The third-order valence-corrected chi connectivity index (χ3v) is 3.87. The summed E-state index contributed by atoms with van der Waals surface area (Å²) in [6, 6.07) is 8.38. The fraction of sp³-hybridized carbons (Fsp3) is 0.400. The minimum absolute atomic E-state index is 0.298. The second kappa shape index (κ2) is 6.39. The van der Waals surface area contributed by atoms with Crippen LogP contribution in [-0.4, -0.2) is 28.9 Å². The van der Waals surface area contributed by atoms with Crippen LogP contribution in [-0.2, 0) is 20.8 Å². The summed E-state index contributed by atoms with van der Waals surface area (Å²) in [7, 11) is 0. The molecule has 1 saturated carbocycles. The Morgan fingerprint density at radius 1 is 1.19 bits per heavy atom. The molecule has 3 unspecified atom stereocenters. The van der Waals surface area contributed by atoms with Crippen molar-refractivity contribution in [2.24, 2.45) is 17.6 Å². The molecule has 0 heterocycles. The standard InChI is InChI=1S/C15H18N2O4/c16-13(18)12(8-9-4-2-1-3-5-9)17-14(19)10-6-7-11(10)15(20)21/h1-5,10-12H,6-8H2,(H2,16,18)(H,17,19)(H,20,21). The Balaban J connectivity index is 1.98. The molecule has 112 valence electrons. The van der Waals surface area contributed by atoms with Crippen molar-refractivity contribution in [2.45, 2.75) is 25.3 Å². The Morgan fingerprint density at radius 3 is 2.29 bits per heavy atom. The van der Waals surface area contributed by atoms with Crippen molar-refractivity contribution in [3.8, 4) is 0 Å². The van der Waals surface area contributed by atoms with E-state index in [1.54, 1.807) is 0 Å². The minimum atomic E-state index is -0.972. The van der Waals surface area contributed by atoms with E-state index in [1.165, 1.54) is 0 Å². The molecule has 0 aromatic heterocycles. The van der Waals surface area contributed by atoms with Gasteiger partial charge in [0.15, 0.2) is 0 Å². The van der Waals surface area contributed by atoms with Crippen LogP contribution in [0.1, 0.15) is 18.4 Å². The van der Waals surface area contributed by atoms with Gasteiger partial charge >= 0.3 is 5.97 Å². The van der Waals surface area contributed by atoms with Gasteiger partial charge in [-0.3, -0.25) is 14.4 Å². The van der Waals surface area contributed by atoms with Gasteiger partial charge in [0.1, 0.15) is 6.04 Å². The predicted molar refractivity (Wildman–Crippen MR) is 75.1 cm³/mol. The van der Waals surface area contributed by atoms with Crippen LogP contribution < -0.4 is 11.1 Å². The number of nitrogens with two attached hydrogens (primary N) is 1. The van der Waals surface area contributed by atoms with Gasteiger partial charge in [-0.15, -0.1) is 0 Å². The molecule has 0 radical (unpaired) electrons. The summed E-state index contributed by atoms with van der Waals surface area (Å²) in [6.07, 6.45) is 1.32. The summed E-state index contributed by atoms with van der Waals surface area (Å²) in [6.45, 7) is 0. The highest BCUT2D eigenvalue weighted by Gasteiger charge is 2.42. The van der Waals surface area contributed by atoms with Gasteiger partial charge in [0.05, 0.1) is 11.8 Å². The summed E-state index contributed by atoms with van der Waals surface area (Å²) in [5, 5.41) is 11.5. The Bertz CT molecular complexity index is 544. The number of primary amides is 1. The maximum absolute atomic E-state index is 12.1. The lowest BCUT2D eigenvalue weighted by Crippen LogP contribution is -2.51. The molecule has 1 aromatic carbocycles. The minimum Gasteiger partial charge on any atom is -0.481 e. The van der Waals surface area contributed by atoms with E-state index in [4.69, 9.17) is 10.8 Å². The summed E-state index contributed by atoms with van der Waals surface area (Å²) >= 11 is 0. The molecule has 0 aliphatic heterocycles. The molecule has 6 heteroatoms. The van der Waals surface area contributed by atoms with Gasteiger partial charge in [-0.1, -0.05) is 30.3 Å². The molecular formula is C15H18N2O4. The number of amides is 2. The SMILES string of the molecule is NC(=O)C(Cc1ccccc1)NC(=O)C1CCC1C(=O)O. The molecular weight excluding hydrogens is 272 g/mol. The molecule has 1 aliphatic carbocycles. The number of carbonyl (C=O) groups is 3. The van der Waals surface area contributed by atoms with Gasteiger partial charge in [-0.05, 0) is 18.4 Å². The number of carbonyl (C=O) groups excluding carboxylic acids is 2. The lowest BCUT2D eigenvalue weighted by molar-refractivity contribution is -0.153. The zero-order valence-electron chi connectivity index (χ0n) is 11.5. The highest BCUT2D eigenvalue weighted by molar-refractivity contribution is 5.90. The molecule has 2 rings (SSSR count). The molecule has 0 saturated heterocycles. The van der Waals surface area contributed by atoms with Gasteiger partial charge in [0.25, 0.3) is 0 Å². The molecule has 1 fully saturated rings. The Morgan fingerprint density at radius 2 is 1.81 bits per heavy atom. The number of benzene rings is 1. The first-order chi connectivity index (χ1) is 9.99. The van der Waals surface area contributed by atoms with Gasteiger partial charge in [-0.25, -0.2) is 0 Å². The molecule has 4 N–H and O–H groups in total. The maximum atomic E-state index is 12.1. The first-order valence-corrected chi connectivity index (χ1v) is 6.85. The third kappa shape index (κ3) is 3.59. The normalized spacial score (nSPS) is 21.9. The van der Waals surface area contributed by atoms with Crippen molar-refractivity contribution in [1.29, 1.82) is 0 Å². The number of rotatable bonds is 6. The van der Waals surface area contributed by atoms with Gasteiger partial charge in [-0.2, -0.15) is 0 Å². The average Bonchev–Trinajstić information content (AvgIpc) is 2.36. The lowest BCUT2D eigenvalue weighted by Gasteiger charge is -2.33. The van der Waals surface area contributed by atoms with Crippen LogP contribution in [0.25, 0.3) is 0 Å². The number of hydrogen-bond donors (Lipinski definition) is 3. The average molecular weight is 290 g/mol. The van der Waals surface area contributed by atoms with Crippen molar-refractivity contribution in [3.05, 3.63) is 35.9 Å². The Kier molecular flexibility index (Phi) is 4.57. The van der Waals surface area contributed by atoms with Gasteiger partial charge in [0.2, 0.25) is 11.8 Å². The van der Waals surface area contributed by atoms with E-state index < -0.39 is 35.7 Å². The van der Waals surface area contributed by atoms with E-state index in [0.29, 0.717) is 19.3 Å². The van der Waals surface area contributed by atoms with Crippen LogP contribution in [0, 0.1) is 11.8 Å². The maximum Gasteiger partial charge on any atom is 0.307 e. The smallest absolute Gasteiger partial charge is 0.307 e. The van der Waals surface area contributed by atoms with Crippen LogP contribution in [0.4, 0.5) is 0 Å². The predicted octanol–water partition coefficient (Wildman–Crippen LogP) is 0.310. The van der Waals surface area contributed by atoms with Crippen molar-refractivity contribution >= 4 is 17.8 Å². The van der Waals surface area contributed by atoms with E-state index in [9.17, 15) is 14.4 Å². The summed E-state index contributed by atoms with van der Waals surface area (Å²) in [5.74, 6) is -3.23. The van der Waals surface area contributed by atoms with E-state index >= 15 is 0 Å². The number of hydrogen-bond acceptors (Lipinski definition) is 3. The van der Waals surface area contributed by atoms with Crippen molar-refractivity contribution in [3.63, 3.8) is 0 Å². The monoisotopic (exact) mass is 290 g/mol. The molecule has 6 nitrogen and oxygen atoms in total. The molecule has 3 atom stereocenters. The summed E-state index contributed by atoms with van der Waals surface area (Å²) in [4.78, 5) is 34.5. The van der Waals surface area contributed by atoms with Crippen molar-refractivity contribution in [1.82, 2.24) is 5.32 Å². The molecule has 0 spiro atoms. The molecule has 21 heavy (non-hydrogen) atoms. The van der Waals surface area contributed by atoms with Gasteiger partial charge < -0.3 is 16.2 Å². The highest BCUT2D eigenvalue weighted by Crippen LogP contribution is 2.34. The number of aliphatic carboxylic acids is 1. The van der Waals surface area contributed by atoms with E-state index in [-0.39, 0.29) is 0 Å². The van der Waals surface area contributed by atoms with Crippen LogP contribution in [0.2, 0.25) is 0 Å². The van der Waals surface area contributed by atoms with Crippen LogP contribution in [0.5, 0.6) is 0 Å². The first-order valence-electron chi connectivity index (χ1n) is 6.85. The van der Waals surface area contributed by atoms with E-state index in [1.807, 2.05) is 30.3 Å². The second-order valence-corrected chi connectivity index (χ2v) is 5.28. The second-order valence-electron chi connectivity index (χ2n) is 5.28. The number of nitrogens with one attached hydrogen (secondary N) is 1. The number of carboxylic acids is 1. The molecule has 1 aromatic rings. The quantitative estimate of drug-likeness (QED) is 0.700. The summed E-state index contributed by atoms with van der Waals surface area (Å²) in [5.41, 5.74) is 6.20. The largest absolute Gasteiger partial charge is 0.481 e. The van der Waals surface area contributed by atoms with Gasteiger partial charge in [0, 0.05) is 6.42 Å². The summed E-state index contributed by atoms with van der Waals surface area (Å²) < 4.78 is 0. The zero-order chi connectivity index (χ0) is 15.4. The topological polar surface area (TPSA) is 109 Å². The first kappa shape index (κ1) is 15.0. The van der Waals surface area contributed by atoms with Crippen LogP contribution >= 0.6 is 0 Å². The van der Waals surface area contributed by atoms with E-state index in [2.05, 4.69) is 5.32 Å². The fourth-order valence-electron chi connectivity index (χ4n) is 2.46. The number of carboxylic acid groups (broad SMARTS) is 1. The Labute approximate surface area is 122 Å². The third-order valence-electron chi connectivity index (χ3n) is 3.87. The van der Waals surface area contributed by atoms with Crippen LogP contribution in [0.15, 0.2) is 30.3 Å². The zero-order valence-corrected chi connectivity index (χ0v) is 11.5. The van der Waals surface area contributed by atoms with E-state index in [0.717, 1.165) is 5.56 Å². The van der Waals surface area contributed by atoms with Crippen molar-refractivity contribution < 1.29 is 19.5 Å². The van der Waals surface area contributed by atoms with Crippen LogP contribution in [0.3, 0.4) is 0 Å². The fourth-order valence-corrected chi connectivity index (χ4v) is 2.46. The molecule has 2 amide bonds. The molecule has 1 aliphatic rings. The lowest BCUT2D eigenvalue weighted by atomic mass is 9.73. The highest BCUT2D eigenvalue weighted by atomic mass is 16.4. The Hall–Kier alpha value is -2.37. The molecule has 0 bridgehead atoms. The van der Waals surface area contributed by atoms with Crippen molar-refractivity contribution in [2.75, 3.05) is 0 Å².